The van der Waals surface area contributed by atoms with Crippen molar-refractivity contribution in [2.75, 3.05) is 6.61 Å². The number of hydrogen-bond acceptors (Lipinski definition) is 3. The Morgan fingerprint density at radius 3 is 2.54 bits per heavy atom. The van der Waals surface area contributed by atoms with Gasteiger partial charge >= 0.3 is 0 Å². The van der Waals surface area contributed by atoms with Crippen LogP contribution in [0.1, 0.15) is 22.8 Å². The molecule has 0 aliphatic heterocycles. The first-order chi connectivity index (χ1) is 11.7. The molecule has 0 bridgehead atoms. The predicted molar refractivity (Wildman–Crippen MR) is 98.2 cm³/mol. The molecule has 0 heterocycles. The smallest absolute Gasteiger partial charge is 0.271 e. The number of amides is 1. The van der Waals surface area contributed by atoms with E-state index in [0.29, 0.717) is 17.9 Å². The summed E-state index contributed by atoms with van der Waals surface area (Å²) in [6.07, 6.45) is 5.27. The van der Waals surface area contributed by atoms with Gasteiger partial charge in [0.2, 0.25) is 0 Å². The molecule has 0 aliphatic carbocycles. The first-order valence-electron chi connectivity index (χ1n) is 7.59. The highest BCUT2D eigenvalue weighted by molar-refractivity contribution is 5.95. The summed E-state index contributed by atoms with van der Waals surface area (Å²) in [5.74, 6) is 0.422. The number of carbonyl (C=O) groups excluding carboxylic acids is 1. The van der Waals surface area contributed by atoms with E-state index in [-0.39, 0.29) is 5.91 Å². The molecule has 2 aromatic carbocycles. The van der Waals surface area contributed by atoms with Gasteiger partial charge in [-0.3, -0.25) is 4.79 Å². The van der Waals surface area contributed by atoms with E-state index in [4.69, 9.17) is 4.74 Å². The van der Waals surface area contributed by atoms with Crippen LogP contribution in [0.4, 0.5) is 0 Å². The van der Waals surface area contributed by atoms with E-state index in [0.717, 1.165) is 11.1 Å². The Labute approximate surface area is 142 Å². The minimum absolute atomic E-state index is 0.269. The van der Waals surface area contributed by atoms with Crippen LogP contribution in [0.5, 0.6) is 5.75 Å². The molecule has 2 rings (SSSR count). The van der Waals surface area contributed by atoms with Crippen molar-refractivity contribution >= 4 is 18.2 Å². The van der Waals surface area contributed by atoms with Crippen LogP contribution in [-0.4, -0.2) is 18.7 Å². The molecule has 2 aromatic rings. The predicted octanol–water partition coefficient (Wildman–Crippen LogP) is 4.07. The lowest BCUT2D eigenvalue weighted by atomic mass is 10.1. The molecule has 0 atom stereocenters. The Hall–Kier alpha value is -3.14. The third-order valence-corrected chi connectivity index (χ3v) is 3.11. The quantitative estimate of drug-likeness (QED) is 0.475. The summed E-state index contributed by atoms with van der Waals surface area (Å²) in [6, 6.07) is 16.8. The van der Waals surface area contributed by atoms with Gasteiger partial charge < -0.3 is 4.74 Å². The lowest BCUT2D eigenvalue weighted by molar-refractivity contribution is 0.0955. The molecule has 0 saturated carbocycles. The van der Waals surface area contributed by atoms with Crippen molar-refractivity contribution in [2.45, 2.75) is 6.92 Å². The van der Waals surface area contributed by atoms with Gasteiger partial charge in [0, 0.05) is 5.56 Å². The van der Waals surface area contributed by atoms with Crippen molar-refractivity contribution in [1.29, 1.82) is 0 Å². The molecular weight excluding hydrogens is 300 g/mol. The molecule has 0 aromatic heterocycles. The van der Waals surface area contributed by atoms with E-state index < -0.39 is 0 Å². The average molecular weight is 320 g/mol. The third kappa shape index (κ3) is 5.57. The number of carbonyl (C=O) groups is 1. The molecule has 0 aliphatic rings. The molecule has 122 valence electrons. The van der Waals surface area contributed by atoms with Crippen LogP contribution in [0.3, 0.4) is 0 Å². The SMILES string of the molecule is C=CCOc1ccc(C(=O)NN=CC(C)=Cc2ccccc2)cc1. The molecule has 0 spiro atoms. The molecule has 0 unspecified atom stereocenters. The van der Waals surface area contributed by atoms with Gasteiger partial charge in [0.05, 0.1) is 6.21 Å². The van der Waals surface area contributed by atoms with Crippen LogP contribution < -0.4 is 10.2 Å². The Morgan fingerprint density at radius 2 is 1.88 bits per heavy atom. The molecule has 0 fully saturated rings. The zero-order chi connectivity index (χ0) is 17.2. The van der Waals surface area contributed by atoms with E-state index >= 15 is 0 Å². The van der Waals surface area contributed by atoms with E-state index in [9.17, 15) is 4.79 Å². The molecule has 0 saturated heterocycles. The van der Waals surface area contributed by atoms with Gasteiger partial charge in [0.15, 0.2) is 0 Å². The maximum Gasteiger partial charge on any atom is 0.271 e. The maximum atomic E-state index is 12.0. The highest BCUT2D eigenvalue weighted by Gasteiger charge is 2.03. The van der Waals surface area contributed by atoms with Gasteiger partial charge in [-0.2, -0.15) is 5.10 Å². The summed E-state index contributed by atoms with van der Waals surface area (Å²) in [5, 5.41) is 3.98. The third-order valence-electron chi connectivity index (χ3n) is 3.11. The normalized spacial score (nSPS) is 11.3. The van der Waals surface area contributed by atoms with Crippen molar-refractivity contribution in [3.05, 3.63) is 84.0 Å². The largest absolute Gasteiger partial charge is 0.490 e. The van der Waals surface area contributed by atoms with Crippen LogP contribution in [0.2, 0.25) is 0 Å². The Kier molecular flexibility index (Phi) is 6.53. The van der Waals surface area contributed by atoms with Crippen molar-refractivity contribution in [3.63, 3.8) is 0 Å². The van der Waals surface area contributed by atoms with Crippen LogP contribution in [0.25, 0.3) is 6.08 Å². The van der Waals surface area contributed by atoms with E-state index in [1.165, 1.54) is 0 Å². The Morgan fingerprint density at radius 1 is 1.17 bits per heavy atom. The van der Waals surface area contributed by atoms with Crippen LogP contribution >= 0.6 is 0 Å². The first-order valence-corrected chi connectivity index (χ1v) is 7.59. The second-order valence-electron chi connectivity index (χ2n) is 5.12. The highest BCUT2D eigenvalue weighted by Crippen LogP contribution is 2.12. The number of rotatable bonds is 7. The lowest BCUT2D eigenvalue weighted by Crippen LogP contribution is -2.17. The maximum absolute atomic E-state index is 12.0. The highest BCUT2D eigenvalue weighted by atomic mass is 16.5. The topological polar surface area (TPSA) is 50.7 Å². The standard InChI is InChI=1S/C20H20N2O2/c1-3-13-24-19-11-9-18(10-12-19)20(23)22-21-15-16(2)14-17-7-5-4-6-8-17/h3-12,14-15H,1,13H2,2H3,(H,22,23). The molecule has 1 amide bonds. The summed E-state index contributed by atoms with van der Waals surface area (Å²) in [6.45, 7) is 5.94. The van der Waals surface area contributed by atoms with Crippen LogP contribution in [0, 0.1) is 0 Å². The van der Waals surface area contributed by atoms with Gasteiger partial charge in [-0.15, -0.1) is 0 Å². The fourth-order valence-corrected chi connectivity index (χ4v) is 1.96. The number of nitrogens with zero attached hydrogens (tertiary/aromatic N) is 1. The average Bonchev–Trinajstić information content (AvgIpc) is 2.61. The minimum Gasteiger partial charge on any atom is -0.490 e. The molecule has 24 heavy (non-hydrogen) atoms. The number of nitrogens with one attached hydrogen (secondary N) is 1. The Balaban J connectivity index is 1.90. The van der Waals surface area contributed by atoms with Gasteiger partial charge in [-0.25, -0.2) is 5.43 Å². The molecule has 4 heteroatoms. The van der Waals surface area contributed by atoms with Gasteiger partial charge in [0.25, 0.3) is 5.91 Å². The monoisotopic (exact) mass is 320 g/mol. The van der Waals surface area contributed by atoms with Gasteiger partial charge in [-0.05, 0) is 42.3 Å². The van der Waals surface area contributed by atoms with Gasteiger partial charge in [-0.1, -0.05) is 49.1 Å². The van der Waals surface area contributed by atoms with Crippen molar-refractivity contribution in [2.24, 2.45) is 5.10 Å². The Bertz CT molecular complexity index is 732. The zero-order valence-electron chi connectivity index (χ0n) is 13.6. The minimum atomic E-state index is -0.269. The molecular formula is C20H20N2O2. The fraction of sp³-hybridized carbons (Fsp3) is 0.100. The molecule has 1 N–H and O–H groups in total. The number of hydrazone groups is 1. The number of hydrogen-bond donors (Lipinski definition) is 1. The first kappa shape index (κ1) is 17.2. The second kappa shape index (κ2) is 9.10. The summed E-state index contributed by atoms with van der Waals surface area (Å²) in [7, 11) is 0. The van der Waals surface area contributed by atoms with Gasteiger partial charge in [0.1, 0.15) is 12.4 Å². The molecule has 4 nitrogen and oxygen atoms in total. The van der Waals surface area contributed by atoms with Crippen LogP contribution in [0.15, 0.2) is 77.9 Å². The summed E-state index contributed by atoms with van der Waals surface area (Å²) in [5.41, 5.74) is 5.05. The number of ether oxygens (including phenoxy) is 1. The molecule has 0 radical (unpaired) electrons. The van der Waals surface area contributed by atoms with Crippen LogP contribution in [-0.2, 0) is 0 Å². The van der Waals surface area contributed by atoms with Crippen molar-refractivity contribution in [1.82, 2.24) is 5.43 Å². The van der Waals surface area contributed by atoms with E-state index in [1.54, 1.807) is 36.6 Å². The second-order valence-corrected chi connectivity index (χ2v) is 5.12. The summed E-state index contributed by atoms with van der Waals surface area (Å²) < 4.78 is 5.37. The number of benzene rings is 2. The van der Waals surface area contributed by atoms with E-state index in [1.807, 2.05) is 43.3 Å². The summed E-state index contributed by atoms with van der Waals surface area (Å²) in [4.78, 5) is 12.0. The summed E-state index contributed by atoms with van der Waals surface area (Å²) >= 11 is 0. The van der Waals surface area contributed by atoms with Crippen molar-refractivity contribution in [3.8, 4) is 5.75 Å². The number of allylic oxidation sites excluding steroid dienone is 1. The zero-order valence-corrected chi connectivity index (χ0v) is 13.6. The van der Waals surface area contributed by atoms with E-state index in [2.05, 4.69) is 17.1 Å². The van der Waals surface area contributed by atoms with Crippen molar-refractivity contribution < 1.29 is 9.53 Å². The lowest BCUT2D eigenvalue weighted by Gasteiger charge is -2.04. The fourth-order valence-electron chi connectivity index (χ4n) is 1.96.